The molecule has 0 radical (unpaired) electrons. The molecule has 10 heteroatoms. The van der Waals surface area contributed by atoms with Gasteiger partial charge in [-0.2, -0.15) is 0 Å². The van der Waals surface area contributed by atoms with E-state index >= 15 is 0 Å². The van der Waals surface area contributed by atoms with Gasteiger partial charge < -0.3 is 25.7 Å². The van der Waals surface area contributed by atoms with Crippen molar-refractivity contribution in [2.45, 2.75) is 6.42 Å². The van der Waals surface area contributed by atoms with Gasteiger partial charge in [-0.3, -0.25) is 14.4 Å². The number of thiophene rings is 1. The molecule has 3 aromatic rings. The minimum Gasteiger partial charge on any atom is -0.469 e. The molecule has 0 aliphatic carbocycles. The predicted molar refractivity (Wildman–Crippen MR) is 106 cm³/mol. The van der Waals surface area contributed by atoms with Crippen molar-refractivity contribution in [2.24, 2.45) is 7.05 Å². The largest absolute Gasteiger partial charge is 0.469 e. The third-order valence-corrected chi connectivity index (χ3v) is 5.05. The summed E-state index contributed by atoms with van der Waals surface area (Å²) in [6.07, 6.45) is 1.67. The summed E-state index contributed by atoms with van der Waals surface area (Å²) < 4.78 is 6.98. The molecule has 3 rings (SSSR count). The Balaban J connectivity index is 1.70. The number of rotatable bonds is 6. The van der Waals surface area contributed by atoms with Crippen LogP contribution in [0.5, 0.6) is 0 Å². The van der Waals surface area contributed by atoms with Gasteiger partial charge >= 0.3 is 5.97 Å². The molecule has 0 bridgehead atoms. The SMILES string of the molecule is COC(=O)CCNC(=O)c1cc2cc(NC(=O)c3nc(N)cn3C)ccc2s1. The Morgan fingerprint density at radius 2 is 2.04 bits per heavy atom. The molecule has 0 atom stereocenters. The minimum absolute atomic E-state index is 0.112. The molecule has 0 aliphatic heterocycles. The smallest absolute Gasteiger partial charge is 0.307 e. The first-order valence-electron chi connectivity index (χ1n) is 8.36. The highest BCUT2D eigenvalue weighted by molar-refractivity contribution is 7.20. The molecule has 0 saturated heterocycles. The molecule has 146 valence electrons. The molecular formula is C18H19N5O4S. The van der Waals surface area contributed by atoms with Crippen LogP contribution in [0, 0.1) is 0 Å². The van der Waals surface area contributed by atoms with Gasteiger partial charge in [-0.15, -0.1) is 11.3 Å². The predicted octanol–water partition coefficient (Wildman–Crippen LogP) is 1.76. The molecular weight excluding hydrogens is 382 g/mol. The highest BCUT2D eigenvalue weighted by atomic mass is 32.1. The lowest BCUT2D eigenvalue weighted by Crippen LogP contribution is -2.25. The van der Waals surface area contributed by atoms with Crippen LogP contribution in [0.4, 0.5) is 11.5 Å². The summed E-state index contributed by atoms with van der Waals surface area (Å²) in [5.41, 5.74) is 6.18. The Labute approximate surface area is 164 Å². The Bertz CT molecular complexity index is 1060. The zero-order valence-corrected chi connectivity index (χ0v) is 16.1. The summed E-state index contributed by atoms with van der Waals surface area (Å²) in [4.78, 5) is 40.2. The number of fused-ring (bicyclic) bond motifs is 1. The van der Waals surface area contributed by atoms with Gasteiger partial charge in [0.15, 0.2) is 0 Å². The maximum Gasteiger partial charge on any atom is 0.307 e. The van der Waals surface area contributed by atoms with Crippen LogP contribution >= 0.6 is 11.3 Å². The van der Waals surface area contributed by atoms with E-state index in [4.69, 9.17) is 5.73 Å². The van der Waals surface area contributed by atoms with Gasteiger partial charge in [-0.05, 0) is 29.7 Å². The van der Waals surface area contributed by atoms with Crippen LogP contribution < -0.4 is 16.4 Å². The molecule has 0 fully saturated rings. The van der Waals surface area contributed by atoms with Crippen molar-refractivity contribution in [2.75, 3.05) is 24.7 Å². The maximum absolute atomic E-state index is 12.3. The van der Waals surface area contributed by atoms with Gasteiger partial charge in [0.1, 0.15) is 5.82 Å². The van der Waals surface area contributed by atoms with Crippen molar-refractivity contribution in [3.63, 3.8) is 0 Å². The number of hydrogen-bond donors (Lipinski definition) is 3. The van der Waals surface area contributed by atoms with E-state index < -0.39 is 0 Å². The fourth-order valence-electron chi connectivity index (χ4n) is 2.59. The standard InChI is InChI=1S/C18H19N5O4S/c1-23-9-14(19)22-16(23)18(26)21-11-3-4-12-10(7-11)8-13(28-12)17(25)20-6-5-15(24)27-2/h3-4,7-9H,5-6,19H2,1-2H3,(H,20,25)(H,21,26). The Hall–Kier alpha value is -3.40. The van der Waals surface area contributed by atoms with Crippen LogP contribution in [0.15, 0.2) is 30.5 Å². The number of nitrogen functional groups attached to an aromatic ring is 1. The highest BCUT2D eigenvalue weighted by Gasteiger charge is 2.15. The van der Waals surface area contributed by atoms with Crippen LogP contribution in [-0.2, 0) is 16.6 Å². The van der Waals surface area contributed by atoms with Crippen LogP contribution in [0.1, 0.15) is 26.7 Å². The Kier molecular flexibility index (Phi) is 5.59. The molecule has 1 aromatic carbocycles. The van der Waals surface area contributed by atoms with Crippen molar-refractivity contribution >= 4 is 50.7 Å². The van der Waals surface area contributed by atoms with Crippen LogP contribution in [0.3, 0.4) is 0 Å². The number of nitrogens with zero attached hydrogens (tertiary/aromatic N) is 2. The van der Waals surface area contributed by atoms with Crippen molar-refractivity contribution < 1.29 is 19.1 Å². The summed E-state index contributed by atoms with van der Waals surface area (Å²) in [6.45, 7) is 0.202. The second-order valence-corrected chi connectivity index (χ2v) is 7.08. The number of carbonyl (C=O) groups excluding carboxylic acids is 3. The first-order chi connectivity index (χ1) is 13.4. The third-order valence-electron chi connectivity index (χ3n) is 3.94. The van der Waals surface area contributed by atoms with Crippen LogP contribution in [0.25, 0.3) is 10.1 Å². The quantitative estimate of drug-likeness (QED) is 0.540. The van der Waals surface area contributed by atoms with E-state index in [1.165, 1.54) is 18.4 Å². The average molecular weight is 401 g/mol. The molecule has 4 N–H and O–H groups in total. The number of ether oxygens (including phenoxy) is 1. The van der Waals surface area contributed by atoms with Gasteiger partial charge in [0.25, 0.3) is 11.8 Å². The number of methoxy groups -OCH3 is 1. The molecule has 0 unspecified atom stereocenters. The zero-order valence-electron chi connectivity index (χ0n) is 15.3. The van der Waals surface area contributed by atoms with E-state index in [1.807, 2.05) is 6.07 Å². The first kappa shape index (κ1) is 19.4. The molecule has 9 nitrogen and oxygen atoms in total. The molecule has 0 saturated carbocycles. The van der Waals surface area contributed by atoms with Gasteiger partial charge in [0, 0.05) is 30.2 Å². The van der Waals surface area contributed by atoms with E-state index in [0.717, 1.165) is 10.1 Å². The zero-order chi connectivity index (χ0) is 20.3. The van der Waals surface area contributed by atoms with Crippen molar-refractivity contribution in [3.05, 3.63) is 41.2 Å². The number of nitrogens with two attached hydrogens (primary N) is 1. The summed E-state index contributed by atoms with van der Waals surface area (Å²) in [5, 5.41) is 6.27. The number of hydrogen-bond acceptors (Lipinski definition) is 7. The number of anilines is 2. The number of benzene rings is 1. The molecule has 2 amide bonds. The van der Waals surface area contributed by atoms with E-state index in [1.54, 1.807) is 36.0 Å². The summed E-state index contributed by atoms with van der Waals surface area (Å²) in [7, 11) is 2.99. The number of amides is 2. The summed E-state index contributed by atoms with van der Waals surface area (Å²) in [5.74, 6) is -0.558. The first-order valence-corrected chi connectivity index (χ1v) is 9.18. The van der Waals surface area contributed by atoms with E-state index in [0.29, 0.717) is 10.6 Å². The second kappa shape index (κ2) is 8.09. The van der Waals surface area contributed by atoms with E-state index in [2.05, 4.69) is 20.4 Å². The number of esters is 1. The average Bonchev–Trinajstić information content (AvgIpc) is 3.23. The van der Waals surface area contributed by atoms with Crippen molar-refractivity contribution in [3.8, 4) is 0 Å². The van der Waals surface area contributed by atoms with Crippen molar-refractivity contribution in [1.82, 2.24) is 14.9 Å². The Morgan fingerprint density at radius 3 is 2.71 bits per heavy atom. The number of carbonyl (C=O) groups is 3. The lowest BCUT2D eigenvalue weighted by molar-refractivity contribution is -0.140. The topological polar surface area (TPSA) is 128 Å². The molecule has 28 heavy (non-hydrogen) atoms. The van der Waals surface area contributed by atoms with Crippen molar-refractivity contribution in [1.29, 1.82) is 0 Å². The van der Waals surface area contributed by atoms with Crippen LogP contribution in [-0.4, -0.2) is 41.0 Å². The number of imidazole rings is 1. The fraction of sp³-hybridized carbons (Fsp3) is 0.222. The van der Waals surface area contributed by atoms with Gasteiger partial charge in [0.2, 0.25) is 5.82 Å². The van der Waals surface area contributed by atoms with Crippen LogP contribution in [0.2, 0.25) is 0 Å². The number of nitrogens with one attached hydrogen (secondary N) is 2. The second-order valence-electron chi connectivity index (χ2n) is 6.00. The van der Waals surface area contributed by atoms with Gasteiger partial charge in [0.05, 0.1) is 18.4 Å². The highest BCUT2D eigenvalue weighted by Crippen LogP contribution is 2.28. The number of aromatic nitrogens is 2. The van der Waals surface area contributed by atoms with E-state index in [-0.39, 0.29) is 42.4 Å². The lowest BCUT2D eigenvalue weighted by Gasteiger charge is -2.05. The number of aryl methyl sites for hydroxylation is 1. The molecule has 2 heterocycles. The maximum atomic E-state index is 12.3. The summed E-state index contributed by atoms with van der Waals surface area (Å²) >= 11 is 1.33. The van der Waals surface area contributed by atoms with Gasteiger partial charge in [-0.1, -0.05) is 0 Å². The monoisotopic (exact) mass is 401 g/mol. The summed E-state index contributed by atoms with van der Waals surface area (Å²) in [6, 6.07) is 7.10. The molecule has 2 aromatic heterocycles. The van der Waals surface area contributed by atoms with E-state index in [9.17, 15) is 14.4 Å². The van der Waals surface area contributed by atoms with Gasteiger partial charge in [-0.25, -0.2) is 4.98 Å². The normalized spacial score (nSPS) is 10.6. The molecule has 0 aliphatic rings. The third kappa shape index (κ3) is 4.29. The lowest BCUT2D eigenvalue weighted by atomic mass is 10.2. The minimum atomic E-state index is -0.383. The molecule has 0 spiro atoms. The Morgan fingerprint density at radius 1 is 1.25 bits per heavy atom. The fourth-order valence-corrected chi connectivity index (χ4v) is 3.55.